The molecule has 0 aliphatic rings. The van der Waals surface area contributed by atoms with Gasteiger partial charge in [0.25, 0.3) is 5.43 Å². The van der Waals surface area contributed by atoms with E-state index in [0.717, 1.165) is 4.47 Å². The summed E-state index contributed by atoms with van der Waals surface area (Å²) in [5.41, 5.74) is 1.06. The zero-order chi connectivity index (χ0) is 15.7. The topological polar surface area (TPSA) is 75.6 Å². The van der Waals surface area contributed by atoms with Crippen molar-refractivity contribution >= 4 is 32.4 Å². The molecule has 1 N–H and O–H groups in total. The lowest BCUT2D eigenvalue weighted by Gasteiger charge is -1.99. The Balaban J connectivity index is 2.21. The Hall–Kier alpha value is -2.60. The first-order valence-corrected chi connectivity index (χ1v) is 7.19. The summed E-state index contributed by atoms with van der Waals surface area (Å²) >= 11 is 3.30. The average Bonchev–Trinajstić information content (AvgIpc) is 2.54. The van der Waals surface area contributed by atoms with Gasteiger partial charge in [0.15, 0.2) is 5.36 Å². The van der Waals surface area contributed by atoms with Crippen molar-refractivity contribution in [3.8, 4) is 0 Å². The Morgan fingerprint density at radius 3 is 2.00 bits per heavy atom. The quantitative estimate of drug-likeness (QED) is 0.557. The van der Waals surface area contributed by atoms with Crippen LogP contribution in [0.5, 0.6) is 0 Å². The van der Waals surface area contributed by atoms with Crippen molar-refractivity contribution in [2.24, 2.45) is 5.10 Å². The van der Waals surface area contributed by atoms with E-state index in [9.17, 15) is 14.4 Å². The summed E-state index contributed by atoms with van der Waals surface area (Å²) in [5.74, 6) is 0. The van der Waals surface area contributed by atoms with E-state index in [2.05, 4.69) is 26.5 Å². The number of benzene rings is 3. The second kappa shape index (κ2) is 5.65. The maximum absolute atomic E-state index is 12.3. The zero-order valence-electron chi connectivity index (χ0n) is 11.2. The van der Waals surface area contributed by atoms with Crippen molar-refractivity contribution in [3.05, 3.63) is 89.0 Å². The monoisotopic (exact) mass is 356 g/mol. The Labute approximate surface area is 132 Å². The summed E-state index contributed by atoms with van der Waals surface area (Å²) in [5, 5.41) is 3.75. The number of hydrogen-bond acceptors (Lipinski definition) is 5. The molecule has 6 heteroatoms. The van der Waals surface area contributed by atoms with E-state index in [1.807, 2.05) is 0 Å². The summed E-state index contributed by atoms with van der Waals surface area (Å²) in [6, 6.07) is 13.2. The Bertz CT molecular complexity index is 1070. The van der Waals surface area contributed by atoms with E-state index in [0.29, 0.717) is 5.69 Å². The van der Waals surface area contributed by atoms with Gasteiger partial charge in [-0.2, -0.15) is 5.10 Å². The molecule has 0 aliphatic carbocycles. The van der Waals surface area contributed by atoms with Crippen LogP contribution in [0.15, 0.2) is 72.5 Å². The van der Waals surface area contributed by atoms with E-state index < -0.39 is 21.6 Å². The Morgan fingerprint density at radius 2 is 1.36 bits per heavy atom. The highest BCUT2D eigenvalue weighted by Gasteiger charge is 2.10. The van der Waals surface area contributed by atoms with Gasteiger partial charge in [-0.15, -0.1) is 0 Å². The normalized spacial score (nSPS) is 11.8. The summed E-state index contributed by atoms with van der Waals surface area (Å²) in [4.78, 5) is 36.3. The third kappa shape index (κ3) is 2.48. The molecule has 0 radical (unpaired) electrons. The van der Waals surface area contributed by atoms with E-state index in [1.54, 1.807) is 36.4 Å². The molecule has 108 valence electrons. The molecule has 0 amide bonds. The second-order valence-corrected chi connectivity index (χ2v) is 5.53. The molecule has 0 heterocycles. The van der Waals surface area contributed by atoms with Gasteiger partial charge in [0.1, 0.15) is 0 Å². The first-order valence-electron chi connectivity index (χ1n) is 6.40. The molecule has 0 bridgehead atoms. The molecule has 5 nitrogen and oxygen atoms in total. The Morgan fingerprint density at radius 1 is 0.773 bits per heavy atom. The first-order chi connectivity index (χ1) is 10.6. The van der Waals surface area contributed by atoms with Crippen molar-refractivity contribution in [2.75, 3.05) is 5.43 Å². The molecule has 3 aromatic carbocycles. The molecular weight excluding hydrogens is 348 g/mol. The van der Waals surface area contributed by atoms with Crippen LogP contribution < -0.4 is 27.1 Å². The van der Waals surface area contributed by atoms with Crippen LogP contribution in [-0.2, 0) is 0 Å². The van der Waals surface area contributed by atoms with Crippen LogP contribution in [0.4, 0.5) is 5.69 Å². The fourth-order valence-electron chi connectivity index (χ4n) is 2.09. The summed E-state index contributed by atoms with van der Waals surface area (Å²) in [6.45, 7) is 0. The molecular formula is C16H9BrN2O3. The minimum atomic E-state index is -0.895. The van der Waals surface area contributed by atoms with Gasteiger partial charge in [-0.1, -0.05) is 40.2 Å². The van der Waals surface area contributed by atoms with Gasteiger partial charge in [0.2, 0.25) is 10.9 Å². The molecule has 0 saturated heterocycles. The lowest BCUT2D eigenvalue weighted by Crippen LogP contribution is -2.48. The lowest BCUT2D eigenvalue weighted by molar-refractivity contribution is 1.17. The third-order valence-corrected chi connectivity index (χ3v) is 3.72. The Kier molecular flexibility index (Phi) is 3.68. The van der Waals surface area contributed by atoms with Gasteiger partial charge >= 0.3 is 0 Å². The van der Waals surface area contributed by atoms with Crippen molar-refractivity contribution in [1.29, 1.82) is 0 Å². The minimum Gasteiger partial charge on any atom is -0.287 e. The lowest BCUT2D eigenvalue weighted by atomic mass is 10.1. The number of nitrogens with one attached hydrogen (secondary N) is 1. The molecule has 22 heavy (non-hydrogen) atoms. The number of fused-ring (bicyclic) bond motifs is 1. The SMILES string of the molecule is O=c1c(=O)c2ccccc2c(=O)/c1=N\Nc1ccc(Br)cc1. The molecule has 0 aromatic heterocycles. The van der Waals surface area contributed by atoms with Crippen LogP contribution in [-0.4, -0.2) is 0 Å². The first kappa shape index (κ1) is 14.3. The van der Waals surface area contributed by atoms with E-state index in [-0.39, 0.29) is 10.8 Å². The van der Waals surface area contributed by atoms with Crippen molar-refractivity contribution in [3.63, 3.8) is 0 Å². The van der Waals surface area contributed by atoms with Crippen LogP contribution in [0, 0.1) is 0 Å². The third-order valence-electron chi connectivity index (χ3n) is 3.19. The van der Waals surface area contributed by atoms with Crippen molar-refractivity contribution in [1.82, 2.24) is 0 Å². The summed E-state index contributed by atoms with van der Waals surface area (Å²) < 4.78 is 0.889. The van der Waals surface area contributed by atoms with Gasteiger partial charge in [-0.3, -0.25) is 19.8 Å². The second-order valence-electron chi connectivity index (χ2n) is 4.61. The van der Waals surface area contributed by atoms with Gasteiger partial charge in [-0.25, -0.2) is 0 Å². The predicted molar refractivity (Wildman–Crippen MR) is 88.5 cm³/mol. The zero-order valence-corrected chi connectivity index (χ0v) is 12.8. The fourth-order valence-corrected chi connectivity index (χ4v) is 2.35. The fraction of sp³-hybridized carbons (Fsp3) is 0. The summed E-state index contributed by atoms with van der Waals surface area (Å²) in [6.07, 6.45) is 0. The largest absolute Gasteiger partial charge is 0.287 e. The molecule has 0 spiro atoms. The number of nitrogens with zero attached hydrogens (tertiary/aromatic N) is 1. The van der Waals surface area contributed by atoms with E-state index in [1.165, 1.54) is 12.1 Å². The standard InChI is InChI=1S/C16H9BrN2O3/c17-9-5-7-10(8-6-9)18-19-13-14(20)11-3-1-2-4-12(11)15(21)16(13)22/h1-8,18H/b19-13+. The average molecular weight is 357 g/mol. The van der Waals surface area contributed by atoms with Gasteiger partial charge in [-0.05, 0) is 24.3 Å². The molecule has 0 aliphatic heterocycles. The molecule has 3 rings (SSSR count). The highest BCUT2D eigenvalue weighted by atomic mass is 79.9. The van der Waals surface area contributed by atoms with Crippen LogP contribution in [0.3, 0.4) is 0 Å². The smallest absolute Gasteiger partial charge is 0.257 e. The maximum Gasteiger partial charge on any atom is 0.257 e. The maximum atomic E-state index is 12.3. The number of halogens is 1. The summed E-state index contributed by atoms with van der Waals surface area (Å²) in [7, 11) is 0. The van der Waals surface area contributed by atoms with Crippen LogP contribution >= 0.6 is 15.9 Å². The van der Waals surface area contributed by atoms with Crippen LogP contribution in [0.1, 0.15) is 0 Å². The highest BCUT2D eigenvalue weighted by Crippen LogP contribution is 2.13. The molecule has 0 atom stereocenters. The number of anilines is 1. The van der Waals surface area contributed by atoms with Crippen LogP contribution in [0.2, 0.25) is 0 Å². The number of rotatable bonds is 2. The van der Waals surface area contributed by atoms with Gasteiger partial charge < -0.3 is 0 Å². The van der Waals surface area contributed by atoms with E-state index >= 15 is 0 Å². The highest BCUT2D eigenvalue weighted by molar-refractivity contribution is 9.10. The molecule has 0 saturated carbocycles. The molecule has 0 unspecified atom stereocenters. The van der Waals surface area contributed by atoms with Gasteiger partial charge in [0, 0.05) is 15.2 Å². The van der Waals surface area contributed by atoms with Crippen LogP contribution in [0.25, 0.3) is 10.8 Å². The van der Waals surface area contributed by atoms with E-state index in [4.69, 9.17) is 0 Å². The number of hydrogen-bond donors (Lipinski definition) is 1. The predicted octanol–water partition coefficient (Wildman–Crippen LogP) is 1.49. The van der Waals surface area contributed by atoms with Gasteiger partial charge in [0.05, 0.1) is 5.69 Å². The van der Waals surface area contributed by atoms with Crippen molar-refractivity contribution in [2.45, 2.75) is 0 Å². The molecule has 0 fully saturated rings. The van der Waals surface area contributed by atoms with Crippen molar-refractivity contribution < 1.29 is 0 Å². The molecule has 3 aromatic rings. The minimum absolute atomic E-state index is 0.125.